The van der Waals surface area contributed by atoms with Crippen LogP contribution in [0.2, 0.25) is 0 Å². The number of thiazole rings is 1. The highest BCUT2D eigenvalue weighted by molar-refractivity contribution is 7.15. The Morgan fingerprint density at radius 2 is 2.00 bits per heavy atom. The Morgan fingerprint density at radius 3 is 2.78 bits per heavy atom. The van der Waals surface area contributed by atoms with E-state index >= 15 is 0 Å². The lowest BCUT2D eigenvalue weighted by molar-refractivity contribution is 0.628. The number of hydrogen-bond acceptors (Lipinski definition) is 6. The zero-order chi connectivity index (χ0) is 18.4. The molecule has 0 unspecified atom stereocenters. The van der Waals surface area contributed by atoms with Gasteiger partial charge in [-0.25, -0.2) is 14.4 Å². The number of anilines is 2. The zero-order valence-electron chi connectivity index (χ0n) is 14.4. The predicted octanol–water partition coefficient (Wildman–Crippen LogP) is 4.06. The summed E-state index contributed by atoms with van der Waals surface area (Å²) < 4.78 is 15.3. The molecule has 4 aromatic rings. The number of nitrogens with one attached hydrogen (secondary N) is 1. The van der Waals surface area contributed by atoms with E-state index in [-0.39, 0.29) is 5.82 Å². The summed E-state index contributed by atoms with van der Waals surface area (Å²) in [6, 6.07) is 8.06. The SMILES string of the molecule is Nc1cc(-c2c(-c3ccc(F)cc3)nc3sccn23)nc(NCC2CC2)n1. The molecule has 0 bridgehead atoms. The first-order valence-electron chi connectivity index (χ1n) is 8.77. The van der Waals surface area contributed by atoms with Crippen molar-refractivity contribution in [3.05, 3.63) is 47.7 Å². The molecule has 27 heavy (non-hydrogen) atoms. The largest absolute Gasteiger partial charge is 0.384 e. The van der Waals surface area contributed by atoms with Crippen molar-refractivity contribution in [3.63, 3.8) is 0 Å². The third-order valence-electron chi connectivity index (χ3n) is 4.61. The second-order valence-corrected chi connectivity index (χ2v) is 7.57. The van der Waals surface area contributed by atoms with Gasteiger partial charge in [0.1, 0.15) is 17.3 Å². The fourth-order valence-electron chi connectivity index (χ4n) is 3.06. The summed E-state index contributed by atoms with van der Waals surface area (Å²) in [5.74, 6) is 1.34. The van der Waals surface area contributed by atoms with Gasteiger partial charge in [0.05, 0.1) is 11.4 Å². The van der Waals surface area contributed by atoms with Gasteiger partial charge in [-0.2, -0.15) is 4.98 Å². The molecule has 1 fully saturated rings. The molecule has 1 saturated carbocycles. The molecule has 3 N–H and O–H groups in total. The van der Waals surface area contributed by atoms with E-state index in [0.717, 1.165) is 28.5 Å². The molecular formula is C19H17FN6S. The third kappa shape index (κ3) is 3.12. The first-order chi connectivity index (χ1) is 13.2. The molecule has 0 aliphatic heterocycles. The fourth-order valence-corrected chi connectivity index (χ4v) is 3.78. The first kappa shape index (κ1) is 16.2. The Labute approximate surface area is 158 Å². The Balaban J connectivity index is 1.64. The van der Waals surface area contributed by atoms with Crippen LogP contribution in [0.25, 0.3) is 27.6 Å². The van der Waals surface area contributed by atoms with Crippen molar-refractivity contribution in [2.75, 3.05) is 17.6 Å². The Kier molecular flexibility index (Phi) is 3.78. The summed E-state index contributed by atoms with van der Waals surface area (Å²) in [6.07, 6.45) is 4.44. The number of hydrogen-bond donors (Lipinski definition) is 2. The second kappa shape index (κ2) is 6.31. The van der Waals surface area contributed by atoms with Crippen molar-refractivity contribution in [1.29, 1.82) is 0 Å². The lowest BCUT2D eigenvalue weighted by Gasteiger charge is -2.09. The van der Waals surface area contributed by atoms with Crippen molar-refractivity contribution in [2.45, 2.75) is 12.8 Å². The van der Waals surface area contributed by atoms with Crippen LogP contribution in [-0.2, 0) is 0 Å². The minimum atomic E-state index is -0.279. The topological polar surface area (TPSA) is 81.1 Å². The smallest absolute Gasteiger partial charge is 0.225 e. The van der Waals surface area contributed by atoms with Gasteiger partial charge < -0.3 is 11.1 Å². The van der Waals surface area contributed by atoms with E-state index in [4.69, 9.17) is 10.7 Å². The number of nitrogen functional groups attached to an aromatic ring is 1. The van der Waals surface area contributed by atoms with Gasteiger partial charge in [0.2, 0.25) is 5.95 Å². The molecule has 0 radical (unpaired) electrons. The molecule has 3 heterocycles. The summed E-state index contributed by atoms with van der Waals surface area (Å²) >= 11 is 1.53. The van der Waals surface area contributed by atoms with Crippen molar-refractivity contribution in [1.82, 2.24) is 19.4 Å². The van der Waals surface area contributed by atoms with Gasteiger partial charge in [-0.15, -0.1) is 11.3 Å². The number of nitrogens with zero attached hydrogens (tertiary/aromatic N) is 4. The molecule has 8 heteroatoms. The fraction of sp³-hybridized carbons (Fsp3) is 0.211. The summed E-state index contributed by atoms with van der Waals surface area (Å²) in [5, 5.41) is 5.25. The molecule has 0 amide bonds. The lowest BCUT2D eigenvalue weighted by Crippen LogP contribution is -2.09. The highest BCUT2D eigenvalue weighted by atomic mass is 32.1. The third-order valence-corrected chi connectivity index (χ3v) is 5.37. The maximum Gasteiger partial charge on any atom is 0.225 e. The van der Waals surface area contributed by atoms with Gasteiger partial charge in [-0.05, 0) is 43.0 Å². The van der Waals surface area contributed by atoms with E-state index in [9.17, 15) is 4.39 Å². The van der Waals surface area contributed by atoms with Crippen LogP contribution >= 0.6 is 11.3 Å². The van der Waals surface area contributed by atoms with Crippen molar-refractivity contribution >= 4 is 28.1 Å². The number of aromatic nitrogens is 4. The Morgan fingerprint density at radius 1 is 1.19 bits per heavy atom. The minimum Gasteiger partial charge on any atom is -0.384 e. The van der Waals surface area contributed by atoms with Crippen molar-refractivity contribution in [3.8, 4) is 22.6 Å². The van der Waals surface area contributed by atoms with Crippen molar-refractivity contribution < 1.29 is 4.39 Å². The molecule has 6 nitrogen and oxygen atoms in total. The molecule has 0 saturated heterocycles. The van der Waals surface area contributed by atoms with E-state index in [1.165, 1.54) is 36.3 Å². The number of nitrogens with two attached hydrogens (primary N) is 1. The van der Waals surface area contributed by atoms with E-state index < -0.39 is 0 Å². The zero-order valence-corrected chi connectivity index (χ0v) is 15.2. The number of halogens is 1. The molecule has 1 aliphatic carbocycles. The Hall–Kier alpha value is -3.00. The average Bonchev–Trinajstić information content (AvgIpc) is 3.25. The van der Waals surface area contributed by atoms with Gasteiger partial charge in [-0.1, -0.05) is 0 Å². The molecule has 0 spiro atoms. The normalized spacial score (nSPS) is 14.0. The highest BCUT2D eigenvalue weighted by Crippen LogP contribution is 2.34. The van der Waals surface area contributed by atoms with Crippen LogP contribution in [0, 0.1) is 11.7 Å². The van der Waals surface area contributed by atoms with Gasteiger partial charge in [0.15, 0.2) is 4.96 Å². The van der Waals surface area contributed by atoms with Gasteiger partial charge >= 0.3 is 0 Å². The van der Waals surface area contributed by atoms with Crippen LogP contribution in [0.15, 0.2) is 41.9 Å². The Bertz CT molecular complexity index is 1110. The minimum absolute atomic E-state index is 0.279. The number of benzene rings is 1. The number of rotatable bonds is 5. The van der Waals surface area contributed by atoms with E-state index in [1.54, 1.807) is 18.2 Å². The van der Waals surface area contributed by atoms with Crippen LogP contribution in [0.3, 0.4) is 0 Å². The molecule has 136 valence electrons. The molecule has 1 aromatic carbocycles. The number of fused-ring (bicyclic) bond motifs is 1. The molecule has 1 aliphatic rings. The summed E-state index contributed by atoms with van der Waals surface area (Å²) in [6.45, 7) is 0.855. The van der Waals surface area contributed by atoms with Gasteiger partial charge in [0, 0.05) is 29.8 Å². The highest BCUT2D eigenvalue weighted by Gasteiger charge is 2.22. The average molecular weight is 380 g/mol. The number of imidazole rings is 1. The molecule has 3 aromatic heterocycles. The summed E-state index contributed by atoms with van der Waals surface area (Å²) in [5.41, 5.74) is 9.12. The van der Waals surface area contributed by atoms with Crippen LogP contribution in [0.4, 0.5) is 16.2 Å². The van der Waals surface area contributed by atoms with Crippen LogP contribution in [0.5, 0.6) is 0 Å². The second-order valence-electron chi connectivity index (χ2n) is 6.70. The van der Waals surface area contributed by atoms with E-state index in [1.807, 2.05) is 16.0 Å². The monoisotopic (exact) mass is 380 g/mol. The van der Waals surface area contributed by atoms with Crippen LogP contribution < -0.4 is 11.1 Å². The standard InChI is InChI=1S/C19H17FN6S/c20-13-5-3-12(4-6-13)16-17(26-7-8-27-19(26)25-16)14-9-15(21)24-18(23-14)22-10-11-1-2-11/h3-9,11H,1-2,10H2,(H3,21,22,23,24). The molecular weight excluding hydrogens is 363 g/mol. The van der Waals surface area contributed by atoms with E-state index in [2.05, 4.69) is 15.3 Å². The van der Waals surface area contributed by atoms with Gasteiger partial charge in [-0.3, -0.25) is 4.40 Å². The molecule has 5 rings (SSSR count). The van der Waals surface area contributed by atoms with Crippen LogP contribution in [-0.4, -0.2) is 25.9 Å². The maximum atomic E-state index is 13.4. The first-order valence-corrected chi connectivity index (χ1v) is 9.65. The van der Waals surface area contributed by atoms with E-state index in [0.29, 0.717) is 23.4 Å². The maximum absolute atomic E-state index is 13.4. The summed E-state index contributed by atoms with van der Waals surface area (Å²) in [4.78, 5) is 14.6. The quantitative estimate of drug-likeness (QED) is 0.546. The molecule has 0 atom stereocenters. The lowest BCUT2D eigenvalue weighted by atomic mass is 10.1. The van der Waals surface area contributed by atoms with Crippen LogP contribution in [0.1, 0.15) is 12.8 Å². The van der Waals surface area contributed by atoms with Gasteiger partial charge in [0.25, 0.3) is 0 Å². The predicted molar refractivity (Wildman–Crippen MR) is 105 cm³/mol. The van der Waals surface area contributed by atoms with Crippen molar-refractivity contribution in [2.24, 2.45) is 5.92 Å². The summed E-state index contributed by atoms with van der Waals surface area (Å²) in [7, 11) is 0.